The molecule has 0 aromatic heterocycles. The number of hydrogen-bond acceptors (Lipinski definition) is 4. The Morgan fingerprint density at radius 1 is 0.912 bits per heavy atom. The Morgan fingerprint density at radius 2 is 1.53 bits per heavy atom. The third kappa shape index (κ3) is 6.44. The summed E-state index contributed by atoms with van der Waals surface area (Å²) in [6, 6.07) is 13.9. The molecule has 0 saturated carbocycles. The van der Waals surface area contributed by atoms with Crippen molar-refractivity contribution in [2.24, 2.45) is 0 Å². The average molecular weight is 475 g/mol. The number of alkyl halides is 3. The first-order valence-corrected chi connectivity index (χ1v) is 12.0. The van der Waals surface area contributed by atoms with E-state index in [-0.39, 0.29) is 11.9 Å². The van der Waals surface area contributed by atoms with Crippen LogP contribution in [0.5, 0.6) is 0 Å². The number of carbonyl (C=O) groups excluding carboxylic acids is 1. The Bertz CT molecular complexity index is 930. The number of hydrogen-bond donors (Lipinski definition) is 1. The summed E-state index contributed by atoms with van der Waals surface area (Å²) in [6.07, 6.45) is -2.20. The molecule has 2 fully saturated rings. The molecule has 4 rings (SSSR count). The second kappa shape index (κ2) is 10.7. The smallest absolute Gasteiger partial charge is 0.382 e. The van der Waals surface area contributed by atoms with Gasteiger partial charge in [0.15, 0.2) is 0 Å². The van der Waals surface area contributed by atoms with E-state index in [0.717, 1.165) is 57.7 Å². The summed E-state index contributed by atoms with van der Waals surface area (Å²) in [5.74, 6) is 0.189. The second-order valence-corrected chi connectivity index (χ2v) is 9.29. The van der Waals surface area contributed by atoms with Crippen molar-refractivity contribution in [3.8, 4) is 0 Å². The fraction of sp³-hybridized carbons (Fsp3) is 0.500. The van der Waals surface area contributed by atoms with Gasteiger partial charge < -0.3 is 15.1 Å². The van der Waals surface area contributed by atoms with Crippen LogP contribution in [0.2, 0.25) is 0 Å². The Labute approximate surface area is 199 Å². The largest absolute Gasteiger partial charge is 0.416 e. The second-order valence-electron chi connectivity index (χ2n) is 9.29. The first-order chi connectivity index (χ1) is 16.3. The van der Waals surface area contributed by atoms with Gasteiger partial charge in [0.2, 0.25) is 5.91 Å². The molecule has 34 heavy (non-hydrogen) atoms. The molecule has 2 aliphatic rings. The Balaban J connectivity index is 1.15. The minimum absolute atomic E-state index is 0.163. The van der Waals surface area contributed by atoms with Crippen molar-refractivity contribution in [3.63, 3.8) is 0 Å². The molecule has 0 radical (unpaired) electrons. The van der Waals surface area contributed by atoms with Crippen molar-refractivity contribution in [1.82, 2.24) is 9.80 Å². The Hall–Kier alpha value is -2.74. The minimum Gasteiger partial charge on any atom is -0.382 e. The van der Waals surface area contributed by atoms with Crippen LogP contribution in [0.1, 0.15) is 30.4 Å². The maximum atomic E-state index is 12.7. The lowest BCUT2D eigenvalue weighted by Gasteiger charge is -2.37. The standard InChI is InChI=1S/C26H33F3N4O/c1-20-2-8-24(9-3-20)32-18-16-31(17-19-32)13-12-25(34)33-14-10-23(11-15-33)30-22-6-4-21(5-7-22)26(27,28)29/h2-9,23,30H,10-19H2,1H3. The first kappa shape index (κ1) is 24.4. The van der Waals surface area contributed by atoms with Gasteiger partial charge in [-0.25, -0.2) is 0 Å². The predicted octanol–water partition coefficient (Wildman–Crippen LogP) is 4.63. The molecule has 2 aromatic rings. The van der Waals surface area contributed by atoms with E-state index in [4.69, 9.17) is 0 Å². The highest BCUT2D eigenvalue weighted by Crippen LogP contribution is 2.30. The molecule has 8 heteroatoms. The zero-order chi connectivity index (χ0) is 24.1. The number of anilines is 2. The van der Waals surface area contributed by atoms with Crippen LogP contribution in [0, 0.1) is 6.92 Å². The molecule has 1 amide bonds. The molecular weight excluding hydrogens is 441 g/mol. The SMILES string of the molecule is Cc1ccc(N2CCN(CCC(=O)N3CCC(Nc4ccc(C(F)(F)F)cc4)CC3)CC2)cc1. The summed E-state index contributed by atoms with van der Waals surface area (Å²) < 4.78 is 38.1. The zero-order valence-electron chi connectivity index (χ0n) is 19.7. The molecule has 2 aromatic carbocycles. The quantitative estimate of drug-likeness (QED) is 0.663. The van der Waals surface area contributed by atoms with Crippen molar-refractivity contribution >= 4 is 17.3 Å². The molecule has 0 atom stereocenters. The number of carbonyl (C=O) groups is 1. The van der Waals surface area contributed by atoms with E-state index < -0.39 is 11.7 Å². The van der Waals surface area contributed by atoms with E-state index >= 15 is 0 Å². The number of aryl methyl sites for hydroxylation is 1. The average Bonchev–Trinajstić information content (AvgIpc) is 2.84. The van der Waals surface area contributed by atoms with Crippen molar-refractivity contribution in [2.45, 2.75) is 38.4 Å². The lowest BCUT2D eigenvalue weighted by molar-refractivity contribution is -0.137. The summed E-state index contributed by atoms with van der Waals surface area (Å²) in [4.78, 5) is 19.4. The number of amides is 1. The molecule has 0 bridgehead atoms. The fourth-order valence-corrected chi connectivity index (χ4v) is 4.66. The first-order valence-electron chi connectivity index (χ1n) is 12.0. The summed E-state index contributed by atoms with van der Waals surface area (Å²) in [5, 5.41) is 3.31. The van der Waals surface area contributed by atoms with Crippen molar-refractivity contribution in [3.05, 3.63) is 59.7 Å². The molecule has 5 nitrogen and oxygen atoms in total. The van der Waals surface area contributed by atoms with E-state index in [2.05, 4.69) is 46.3 Å². The molecule has 0 unspecified atom stereocenters. The van der Waals surface area contributed by atoms with Crippen LogP contribution in [-0.2, 0) is 11.0 Å². The van der Waals surface area contributed by atoms with Gasteiger partial charge in [-0.15, -0.1) is 0 Å². The van der Waals surface area contributed by atoms with E-state index in [1.807, 2.05) is 4.90 Å². The van der Waals surface area contributed by atoms with Crippen LogP contribution >= 0.6 is 0 Å². The number of benzene rings is 2. The molecule has 1 N–H and O–H groups in total. The van der Waals surface area contributed by atoms with Gasteiger partial charge in [-0.2, -0.15) is 13.2 Å². The maximum absolute atomic E-state index is 12.7. The van der Waals surface area contributed by atoms with Gasteiger partial charge in [-0.3, -0.25) is 9.69 Å². The van der Waals surface area contributed by atoms with E-state index in [0.29, 0.717) is 25.2 Å². The zero-order valence-corrected chi connectivity index (χ0v) is 19.7. The van der Waals surface area contributed by atoms with Crippen LogP contribution < -0.4 is 10.2 Å². The Morgan fingerprint density at radius 3 is 2.12 bits per heavy atom. The van der Waals surface area contributed by atoms with Gasteiger partial charge >= 0.3 is 6.18 Å². The molecule has 2 saturated heterocycles. The summed E-state index contributed by atoms with van der Waals surface area (Å²) >= 11 is 0. The van der Waals surface area contributed by atoms with Crippen LogP contribution in [-0.4, -0.2) is 67.6 Å². The van der Waals surface area contributed by atoms with Crippen molar-refractivity contribution in [1.29, 1.82) is 0 Å². The third-order valence-corrected chi connectivity index (χ3v) is 6.84. The lowest BCUT2D eigenvalue weighted by atomic mass is 10.0. The number of nitrogens with one attached hydrogen (secondary N) is 1. The lowest BCUT2D eigenvalue weighted by Crippen LogP contribution is -2.48. The summed E-state index contributed by atoms with van der Waals surface area (Å²) in [7, 11) is 0. The number of halogens is 3. The number of piperidine rings is 1. The predicted molar refractivity (Wildman–Crippen MR) is 129 cm³/mol. The van der Waals surface area contributed by atoms with E-state index in [1.165, 1.54) is 23.4 Å². The van der Waals surface area contributed by atoms with E-state index in [9.17, 15) is 18.0 Å². The molecular formula is C26H33F3N4O. The van der Waals surface area contributed by atoms with E-state index in [1.54, 1.807) is 0 Å². The number of likely N-dealkylation sites (tertiary alicyclic amines) is 1. The number of rotatable bonds is 6. The third-order valence-electron chi connectivity index (χ3n) is 6.84. The van der Waals surface area contributed by atoms with Crippen LogP contribution in [0.4, 0.5) is 24.5 Å². The molecule has 184 valence electrons. The van der Waals surface area contributed by atoms with Crippen molar-refractivity contribution in [2.75, 3.05) is 56.0 Å². The summed E-state index contributed by atoms with van der Waals surface area (Å²) in [5.41, 5.74) is 2.56. The van der Waals surface area contributed by atoms with Gasteiger partial charge in [0.1, 0.15) is 0 Å². The highest BCUT2D eigenvalue weighted by Gasteiger charge is 2.30. The number of nitrogens with zero attached hydrogens (tertiary/aromatic N) is 3. The van der Waals surface area contributed by atoms with Crippen LogP contribution in [0.15, 0.2) is 48.5 Å². The summed E-state index contributed by atoms with van der Waals surface area (Å²) in [6.45, 7) is 8.09. The topological polar surface area (TPSA) is 38.8 Å². The fourth-order valence-electron chi connectivity index (χ4n) is 4.66. The van der Waals surface area contributed by atoms with Crippen molar-refractivity contribution < 1.29 is 18.0 Å². The highest BCUT2D eigenvalue weighted by molar-refractivity contribution is 5.76. The highest BCUT2D eigenvalue weighted by atomic mass is 19.4. The van der Waals surface area contributed by atoms with Gasteiger partial charge in [-0.1, -0.05) is 17.7 Å². The maximum Gasteiger partial charge on any atom is 0.416 e. The van der Waals surface area contributed by atoms with Gasteiger partial charge in [0.25, 0.3) is 0 Å². The van der Waals surface area contributed by atoms with Crippen LogP contribution in [0.3, 0.4) is 0 Å². The van der Waals surface area contributed by atoms with Gasteiger partial charge in [0, 0.05) is 69.7 Å². The van der Waals surface area contributed by atoms with Crippen LogP contribution in [0.25, 0.3) is 0 Å². The Kier molecular flexibility index (Phi) is 7.66. The van der Waals surface area contributed by atoms with Gasteiger partial charge in [0.05, 0.1) is 5.56 Å². The minimum atomic E-state index is -4.32. The molecule has 2 aliphatic heterocycles. The normalized spacial score (nSPS) is 18.2. The molecule has 0 aliphatic carbocycles. The molecule has 0 spiro atoms. The molecule has 2 heterocycles. The number of piperazine rings is 1. The van der Waals surface area contributed by atoms with Gasteiger partial charge in [-0.05, 0) is 56.2 Å². The monoisotopic (exact) mass is 474 g/mol.